The number of carboxylic acids is 1. The molecule has 0 amide bonds. The van der Waals surface area contributed by atoms with E-state index in [0.717, 1.165) is 0 Å². The summed E-state index contributed by atoms with van der Waals surface area (Å²) in [5.74, 6) is -2.07. The number of hydrogen-bond donors (Lipinski definition) is 3. The van der Waals surface area contributed by atoms with Gasteiger partial charge in [-0.2, -0.15) is 0 Å². The van der Waals surface area contributed by atoms with E-state index in [9.17, 15) is 4.79 Å². The van der Waals surface area contributed by atoms with Crippen LogP contribution in [-0.2, 0) is 14.4 Å². The molecule has 1 saturated heterocycles. The number of rotatable bonds is 5. The van der Waals surface area contributed by atoms with Gasteiger partial charge in [-0.15, -0.1) is 0 Å². The van der Waals surface area contributed by atoms with E-state index in [-0.39, 0.29) is 30.3 Å². The third-order valence-corrected chi connectivity index (χ3v) is 2.57. The first-order valence-corrected chi connectivity index (χ1v) is 4.78. The van der Waals surface area contributed by atoms with Crippen molar-refractivity contribution in [3.63, 3.8) is 0 Å². The number of aliphatic imine (C=N–C) groups is 1. The molecule has 0 saturated carbocycles. The van der Waals surface area contributed by atoms with Crippen molar-refractivity contribution in [1.82, 2.24) is 5.32 Å². The summed E-state index contributed by atoms with van der Waals surface area (Å²) in [6.07, 6.45) is -0.223. The van der Waals surface area contributed by atoms with Gasteiger partial charge in [-0.3, -0.25) is 15.4 Å². The molecule has 3 atom stereocenters. The average molecular weight is 228 g/mol. The van der Waals surface area contributed by atoms with Crippen molar-refractivity contribution in [3.05, 3.63) is 12.2 Å². The van der Waals surface area contributed by atoms with Crippen LogP contribution in [0.5, 0.6) is 0 Å². The van der Waals surface area contributed by atoms with E-state index >= 15 is 0 Å². The van der Waals surface area contributed by atoms with Gasteiger partial charge in [0.15, 0.2) is 12.1 Å². The highest BCUT2D eigenvalue weighted by atomic mass is 17.1. The van der Waals surface area contributed by atoms with Gasteiger partial charge in [0.1, 0.15) is 12.6 Å². The minimum atomic E-state index is -1.12. The molecule has 2 heterocycles. The lowest BCUT2D eigenvalue weighted by molar-refractivity contribution is -0.234. The zero-order valence-electron chi connectivity index (χ0n) is 8.42. The van der Waals surface area contributed by atoms with Crippen LogP contribution in [0.15, 0.2) is 17.1 Å². The minimum Gasteiger partial charge on any atom is -0.480 e. The highest BCUT2D eigenvalue weighted by molar-refractivity contribution is 6.01. The first-order chi connectivity index (χ1) is 7.63. The van der Waals surface area contributed by atoms with Gasteiger partial charge in [-0.05, 0) is 5.57 Å². The zero-order valence-corrected chi connectivity index (χ0v) is 8.42. The van der Waals surface area contributed by atoms with Crippen LogP contribution in [0.3, 0.4) is 0 Å². The van der Waals surface area contributed by atoms with Gasteiger partial charge in [-0.1, -0.05) is 6.58 Å². The summed E-state index contributed by atoms with van der Waals surface area (Å²) in [6, 6.07) is -0.0142. The van der Waals surface area contributed by atoms with Gasteiger partial charge < -0.3 is 9.84 Å². The third-order valence-electron chi connectivity index (χ3n) is 2.57. The summed E-state index contributed by atoms with van der Waals surface area (Å²) in [6.45, 7) is 3.96. The van der Waals surface area contributed by atoms with Crippen LogP contribution in [0, 0.1) is 5.92 Å². The van der Waals surface area contributed by atoms with Crippen LogP contribution < -0.4 is 5.32 Å². The Morgan fingerprint density at radius 2 is 2.56 bits per heavy atom. The maximum absolute atomic E-state index is 11.1. The highest BCUT2D eigenvalue weighted by Gasteiger charge is 2.43. The zero-order chi connectivity index (χ0) is 11.7. The number of carboxylic acid groups (broad SMARTS) is 1. The molecule has 0 aromatic carbocycles. The van der Waals surface area contributed by atoms with Crippen molar-refractivity contribution in [3.8, 4) is 0 Å². The number of hydrogen-bond acceptors (Lipinski definition) is 6. The van der Waals surface area contributed by atoms with Gasteiger partial charge in [-0.25, -0.2) is 9.88 Å². The Hall–Kier alpha value is -1.44. The topological polar surface area (TPSA) is 100 Å². The number of nitrogens with one attached hydrogen (secondary N) is 1. The molecule has 1 fully saturated rings. The summed E-state index contributed by atoms with van der Waals surface area (Å²) in [5, 5.41) is 20.3. The van der Waals surface area contributed by atoms with Crippen LogP contribution in [0.2, 0.25) is 0 Å². The predicted molar refractivity (Wildman–Crippen MR) is 52.9 cm³/mol. The molecule has 7 heteroatoms. The molecule has 0 radical (unpaired) electrons. The van der Waals surface area contributed by atoms with Crippen molar-refractivity contribution in [1.29, 1.82) is 0 Å². The standard InChI is InChI=1S/C9H12N2O5/c1-4(3-15-14)6(9(12)13)8-11-5-2-10-7(5)16-8/h5-7,10,14H,1-3H2,(H,12,13). The summed E-state index contributed by atoms with van der Waals surface area (Å²) < 4.78 is 5.31. The first kappa shape index (κ1) is 11.1. The van der Waals surface area contributed by atoms with E-state index in [0.29, 0.717) is 6.54 Å². The number of fused-ring (bicyclic) bond motifs is 1. The molecule has 88 valence electrons. The summed E-state index contributed by atoms with van der Waals surface area (Å²) in [7, 11) is 0. The number of nitrogens with zero attached hydrogens (tertiary/aromatic N) is 1. The van der Waals surface area contributed by atoms with Crippen molar-refractivity contribution in [2.75, 3.05) is 13.2 Å². The van der Waals surface area contributed by atoms with Gasteiger partial charge in [0.25, 0.3) is 0 Å². The quantitative estimate of drug-likeness (QED) is 0.332. The maximum Gasteiger partial charge on any atom is 0.320 e. The normalized spacial score (nSPS) is 28.4. The molecule has 0 aromatic heterocycles. The van der Waals surface area contributed by atoms with Crippen LogP contribution in [0.4, 0.5) is 0 Å². The second-order valence-corrected chi connectivity index (χ2v) is 3.68. The van der Waals surface area contributed by atoms with Gasteiger partial charge in [0, 0.05) is 6.54 Å². The lowest BCUT2D eigenvalue weighted by Crippen LogP contribution is -2.54. The van der Waals surface area contributed by atoms with Crippen molar-refractivity contribution < 1.29 is 24.8 Å². The smallest absolute Gasteiger partial charge is 0.320 e. The molecule has 2 rings (SSSR count). The largest absolute Gasteiger partial charge is 0.480 e. The molecule has 3 N–H and O–H groups in total. The van der Waals surface area contributed by atoms with Gasteiger partial charge >= 0.3 is 5.97 Å². The third kappa shape index (κ3) is 1.80. The number of aliphatic carboxylic acids is 1. The van der Waals surface area contributed by atoms with E-state index in [1.807, 2.05) is 0 Å². The Morgan fingerprint density at radius 3 is 2.94 bits per heavy atom. The second kappa shape index (κ2) is 4.20. The van der Waals surface area contributed by atoms with Crippen LogP contribution in [0.1, 0.15) is 0 Å². The van der Waals surface area contributed by atoms with E-state index in [1.54, 1.807) is 0 Å². The van der Waals surface area contributed by atoms with E-state index < -0.39 is 11.9 Å². The lowest BCUT2D eigenvalue weighted by Gasteiger charge is -2.28. The number of ether oxygens (including phenoxy) is 1. The fraction of sp³-hybridized carbons (Fsp3) is 0.556. The molecule has 0 spiro atoms. The monoisotopic (exact) mass is 228 g/mol. The van der Waals surface area contributed by atoms with Gasteiger partial charge in [0.05, 0.1) is 0 Å². The summed E-state index contributed by atoms with van der Waals surface area (Å²) >= 11 is 0. The minimum absolute atomic E-state index is 0.0142. The van der Waals surface area contributed by atoms with Crippen molar-refractivity contribution in [2.45, 2.75) is 12.3 Å². The van der Waals surface area contributed by atoms with E-state index in [1.165, 1.54) is 0 Å². The van der Waals surface area contributed by atoms with Crippen LogP contribution in [-0.4, -0.2) is 47.7 Å². The highest BCUT2D eigenvalue weighted by Crippen LogP contribution is 2.25. The van der Waals surface area contributed by atoms with Crippen LogP contribution in [0.25, 0.3) is 0 Å². The van der Waals surface area contributed by atoms with E-state index in [4.69, 9.17) is 15.1 Å². The lowest BCUT2D eigenvalue weighted by atomic mass is 10.0. The number of carbonyl (C=O) groups is 1. The van der Waals surface area contributed by atoms with Crippen molar-refractivity contribution >= 4 is 11.9 Å². The molecule has 7 nitrogen and oxygen atoms in total. The Morgan fingerprint density at radius 1 is 1.81 bits per heavy atom. The molecule has 3 unspecified atom stereocenters. The van der Waals surface area contributed by atoms with Crippen molar-refractivity contribution in [2.24, 2.45) is 10.9 Å². The summed E-state index contributed by atoms with van der Waals surface area (Å²) in [5.41, 5.74) is 0.190. The van der Waals surface area contributed by atoms with E-state index in [2.05, 4.69) is 21.8 Å². The Bertz CT molecular complexity index is 354. The molecular formula is C9H12N2O5. The SMILES string of the molecule is C=C(COO)C(C(=O)O)C1=NC2CNC2O1. The second-order valence-electron chi connectivity index (χ2n) is 3.68. The Kier molecular flexibility index (Phi) is 2.90. The predicted octanol–water partition coefficient (Wildman–Crippen LogP) is -0.540. The molecule has 16 heavy (non-hydrogen) atoms. The molecule has 0 bridgehead atoms. The first-order valence-electron chi connectivity index (χ1n) is 4.78. The average Bonchev–Trinajstić information content (AvgIpc) is 2.44. The molecule has 0 aliphatic carbocycles. The summed E-state index contributed by atoms with van der Waals surface area (Å²) in [4.78, 5) is 19.1. The fourth-order valence-corrected chi connectivity index (χ4v) is 1.64. The molecule has 2 aliphatic rings. The molecule has 0 aromatic rings. The molecular weight excluding hydrogens is 216 g/mol. The molecule has 2 aliphatic heterocycles. The Labute approximate surface area is 91.3 Å². The Balaban J connectivity index is 2.10. The fourth-order valence-electron chi connectivity index (χ4n) is 1.64. The maximum atomic E-state index is 11.1. The van der Waals surface area contributed by atoms with Crippen LogP contribution >= 0.6 is 0 Å². The van der Waals surface area contributed by atoms with Gasteiger partial charge in [0.2, 0.25) is 5.90 Å².